The Balaban J connectivity index is 1.68. The van der Waals surface area contributed by atoms with Crippen LogP contribution in [0.1, 0.15) is 22.5 Å². The highest BCUT2D eigenvalue weighted by molar-refractivity contribution is 5.85. The molecule has 1 N–H and O–H groups in total. The Hall–Kier alpha value is -2.94. The molecule has 0 fully saturated rings. The van der Waals surface area contributed by atoms with Crippen LogP contribution in [0.5, 0.6) is 0 Å². The van der Waals surface area contributed by atoms with Gasteiger partial charge in [0.2, 0.25) is 0 Å². The third-order valence-electron chi connectivity index (χ3n) is 3.50. The molecule has 3 aromatic rings. The fourth-order valence-electron chi connectivity index (χ4n) is 2.13. The standard InChI is InChI=1S/C20H19N3/c1-15-3-7-17(8-4-15)21-13-19-11-12-20(23-19)14-22-18-9-5-16(2)6-10-18/h3-14,23H,1-2H3. The van der Waals surface area contributed by atoms with E-state index in [0.717, 1.165) is 22.8 Å². The van der Waals surface area contributed by atoms with Crippen molar-refractivity contribution >= 4 is 23.8 Å². The van der Waals surface area contributed by atoms with E-state index in [1.54, 1.807) is 0 Å². The molecule has 23 heavy (non-hydrogen) atoms. The fourth-order valence-corrected chi connectivity index (χ4v) is 2.13. The lowest BCUT2D eigenvalue weighted by molar-refractivity contribution is 1.34. The Bertz CT molecular complexity index is 752. The molecule has 0 unspecified atom stereocenters. The molecule has 2 aromatic carbocycles. The van der Waals surface area contributed by atoms with Crippen LogP contribution in [-0.4, -0.2) is 17.4 Å². The van der Waals surface area contributed by atoms with Gasteiger partial charge in [-0.05, 0) is 50.2 Å². The van der Waals surface area contributed by atoms with Crippen LogP contribution in [0.4, 0.5) is 11.4 Å². The van der Waals surface area contributed by atoms with Crippen LogP contribution in [0.2, 0.25) is 0 Å². The maximum atomic E-state index is 4.46. The van der Waals surface area contributed by atoms with E-state index >= 15 is 0 Å². The molecule has 0 bridgehead atoms. The molecule has 1 aromatic heterocycles. The summed E-state index contributed by atoms with van der Waals surface area (Å²) in [5.41, 5.74) is 6.27. The van der Waals surface area contributed by atoms with Crippen LogP contribution >= 0.6 is 0 Å². The molecule has 114 valence electrons. The Morgan fingerprint density at radius 3 is 1.39 bits per heavy atom. The van der Waals surface area contributed by atoms with E-state index in [9.17, 15) is 0 Å². The average Bonchev–Trinajstić information content (AvgIpc) is 3.02. The summed E-state index contributed by atoms with van der Waals surface area (Å²) in [6.45, 7) is 4.14. The predicted molar refractivity (Wildman–Crippen MR) is 97.7 cm³/mol. The van der Waals surface area contributed by atoms with Gasteiger partial charge in [-0.25, -0.2) is 0 Å². The van der Waals surface area contributed by atoms with Crippen LogP contribution < -0.4 is 0 Å². The molecular formula is C20H19N3. The van der Waals surface area contributed by atoms with E-state index < -0.39 is 0 Å². The number of nitrogens with one attached hydrogen (secondary N) is 1. The van der Waals surface area contributed by atoms with E-state index in [4.69, 9.17) is 0 Å². The van der Waals surface area contributed by atoms with Crippen molar-refractivity contribution in [3.8, 4) is 0 Å². The van der Waals surface area contributed by atoms with Crippen molar-refractivity contribution in [1.29, 1.82) is 0 Å². The number of hydrogen-bond donors (Lipinski definition) is 1. The number of nitrogens with zero attached hydrogens (tertiary/aromatic N) is 2. The number of aryl methyl sites for hydroxylation is 2. The monoisotopic (exact) mass is 301 g/mol. The van der Waals surface area contributed by atoms with Crippen molar-refractivity contribution in [2.75, 3.05) is 0 Å². The normalized spacial score (nSPS) is 11.6. The van der Waals surface area contributed by atoms with Gasteiger partial charge in [0.25, 0.3) is 0 Å². The van der Waals surface area contributed by atoms with Crippen molar-refractivity contribution in [3.05, 3.63) is 83.2 Å². The minimum absolute atomic E-state index is 0.945. The summed E-state index contributed by atoms with van der Waals surface area (Å²) in [4.78, 5) is 12.2. The molecule has 0 radical (unpaired) electrons. The molecule has 0 spiro atoms. The second-order valence-electron chi connectivity index (χ2n) is 5.56. The predicted octanol–water partition coefficient (Wildman–Crippen LogP) is 5.13. The maximum Gasteiger partial charge on any atom is 0.0630 e. The molecule has 3 nitrogen and oxygen atoms in total. The Morgan fingerprint density at radius 2 is 1.00 bits per heavy atom. The molecule has 0 saturated carbocycles. The Morgan fingerprint density at radius 1 is 0.609 bits per heavy atom. The molecular weight excluding hydrogens is 282 g/mol. The molecule has 3 rings (SSSR count). The number of hydrogen-bond acceptors (Lipinski definition) is 2. The third-order valence-corrected chi connectivity index (χ3v) is 3.50. The maximum absolute atomic E-state index is 4.46. The van der Waals surface area contributed by atoms with Gasteiger partial charge in [-0.2, -0.15) is 0 Å². The molecule has 0 aliphatic heterocycles. The summed E-state index contributed by atoms with van der Waals surface area (Å²) in [5, 5.41) is 0. The number of aromatic nitrogens is 1. The molecule has 0 saturated heterocycles. The molecule has 0 amide bonds. The summed E-state index contributed by atoms with van der Waals surface area (Å²) in [7, 11) is 0. The molecule has 0 aliphatic carbocycles. The summed E-state index contributed by atoms with van der Waals surface area (Å²) in [6, 6.07) is 20.2. The lowest BCUT2D eigenvalue weighted by Gasteiger charge is -1.94. The van der Waals surface area contributed by atoms with Gasteiger partial charge in [0, 0.05) is 0 Å². The summed E-state index contributed by atoms with van der Waals surface area (Å²) < 4.78 is 0. The van der Waals surface area contributed by atoms with Crippen molar-refractivity contribution in [2.45, 2.75) is 13.8 Å². The van der Waals surface area contributed by atoms with Crippen molar-refractivity contribution in [1.82, 2.24) is 4.98 Å². The molecule has 0 atom stereocenters. The lowest BCUT2D eigenvalue weighted by atomic mass is 10.2. The first-order valence-corrected chi connectivity index (χ1v) is 7.59. The molecule has 3 heteroatoms. The van der Waals surface area contributed by atoms with Gasteiger partial charge in [-0.3, -0.25) is 9.98 Å². The van der Waals surface area contributed by atoms with Crippen molar-refractivity contribution in [3.63, 3.8) is 0 Å². The minimum Gasteiger partial charge on any atom is -0.353 e. The topological polar surface area (TPSA) is 40.5 Å². The number of aliphatic imine (C=N–C) groups is 2. The number of aromatic amines is 1. The lowest BCUT2D eigenvalue weighted by Crippen LogP contribution is -1.84. The van der Waals surface area contributed by atoms with Gasteiger partial charge in [0.15, 0.2) is 0 Å². The van der Waals surface area contributed by atoms with Crippen LogP contribution in [0.25, 0.3) is 0 Å². The highest BCUT2D eigenvalue weighted by atomic mass is 14.8. The van der Waals surface area contributed by atoms with E-state index in [1.165, 1.54) is 11.1 Å². The zero-order valence-electron chi connectivity index (χ0n) is 13.3. The summed E-state index contributed by atoms with van der Waals surface area (Å²) >= 11 is 0. The van der Waals surface area contributed by atoms with Gasteiger partial charge in [0.05, 0.1) is 35.2 Å². The SMILES string of the molecule is Cc1ccc(N=Cc2ccc(C=Nc3ccc(C)cc3)[nH]2)cc1. The highest BCUT2D eigenvalue weighted by Gasteiger charge is 1.95. The third kappa shape index (κ3) is 4.27. The summed E-state index contributed by atoms with van der Waals surface area (Å²) in [5.74, 6) is 0. The van der Waals surface area contributed by atoms with E-state index in [1.807, 2.05) is 48.8 Å². The van der Waals surface area contributed by atoms with E-state index in [0.29, 0.717) is 0 Å². The molecule has 0 aliphatic rings. The van der Waals surface area contributed by atoms with Gasteiger partial charge in [-0.1, -0.05) is 35.4 Å². The number of rotatable bonds is 4. The minimum atomic E-state index is 0.945. The first-order valence-electron chi connectivity index (χ1n) is 7.59. The van der Waals surface area contributed by atoms with Gasteiger partial charge in [-0.15, -0.1) is 0 Å². The van der Waals surface area contributed by atoms with Crippen LogP contribution in [0, 0.1) is 13.8 Å². The van der Waals surface area contributed by atoms with Crippen LogP contribution in [-0.2, 0) is 0 Å². The first kappa shape index (κ1) is 15.0. The Kier molecular flexibility index (Phi) is 4.48. The first-order chi connectivity index (χ1) is 11.2. The second kappa shape index (κ2) is 6.88. The number of benzene rings is 2. The average molecular weight is 301 g/mol. The van der Waals surface area contributed by atoms with Crippen LogP contribution in [0.3, 0.4) is 0 Å². The van der Waals surface area contributed by atoms with E-state index in [-0.39, 0.29) is 0 Å². The second-order valence-corrected chi connectivity index (χ2v) is 5.56. The molecule has 1 heterocycles. The smallest absolute Gasteiger partial charge is 0.0630 e. The quantitative estimate of drug-likeness (QED) is 0.649. The summed E-state index contributed by atoms with van der Waals surface area (Å²) in [6.07, 6.45) is 3.65. The zero-order chi connectivity index (χ0) is 16.1. The largest absolute Gasteiger partial charge is 0.353 e. The van der Waals surface area contributed by atoms with Crippen LogP contribution in [0.15, 0.2) is 70.6 Å². The van der Waals surface area contributed by atoms with Gasteiger partial charge >= 0.3 is 0 Å². The highest BCUT2D eigenvalue weighted by Crippen LogP contribution is 2.13. The van der Waals surface area contributed by atoms with Gasteiger partial charge in [0.1, 0.15) is 0 Å². The van der Waals surface area contributed by atoms with Crippen molar-refractivity contribution < 1.29 is 0 Å². The van der Waals surface area contributed by atoms with Gasteiger partial charge < -0.3 is 4.98 Å². The van der Waals surface area contributed by atoms with Crippen molar-refractivity contribution in [2.24, 2.45) is 9.98 Å². The fraction of sp³-hybridized carbons (Fsp3) is 0.100. The Labute approximate surface area is 136 Å². The number of H-pyrrole nitrogens is 1. The zero-order valence-corrected chi connectivity index (χ0v) is 13.3. The van der Waals surface area contributed by atoms with E-state index in [2.05, 4.69) is 53.1 Å².